The van der Waals surface area contributed by atoms with Gasteiger partial charge >= 0.3 is 0 Å². The van der Waals surface area contributed by atoms with Crippen LogP contribution in [0.1, 0.15) is 25.3 Å². The Kier molecular flexibility index (Phi) is 6.45. The lowest BCUT2D eigenvalue weighted by Gasteiger charge is -2.21. The van der Waals surface area contributed by atoms with E-state index in [0.29, 0.717) is 12.3 Å². The number of unbranched alkanes of at least 4 members (excludes halogenated alkanes) is 1. The molecule has 1 aromatic rings. The van der Waals surface area contributed by atoms with E-state index in [2.05, 4.69) is 0 Å². The van der Waals surface area contributed by atoms with Gasteiger partial charge in [-0.2, -0.15) is 4.31 Å². The van der Waals surface area contributed by atoms with E-state index < -0.39 is 10.0 Å². The number of benzene rings is 1. The zero-order chi connectivity index (χ0) is 15.2. The van der Waals surface area contributed by atoms with Gasteiger partial charge in [0.15, 0.2) is 0 Å². The second-order valence-corrected chi connectivity index (χ2v) is 6.55. The lowest BCUT2D eigenvalue weighted by Crippen LogP contribution is -2.34. The summed E-state index contributed by atoms with van der Waals surface area (Å²) in [5, 5.41) is 9.06. The van der Waals surface area contributed by atoms with Crippen LogP contribution >= 0.6 is 0 Å². The minimum Gasteiger partial charge on any atom is -0.496 e. The van der Waals surface area contributed by atoms with E-state index in [1.54, 1.807) is 26.2 Å². The fraction of sp³-hybridized carbons (Fsp3) is 0.571. The molecule has 0 heterocycles. The van der Waals surface area contributed by atoms with Gasteiger partial charge in [0.25, 0.3) is 0 Å². The van der Waals surface area contributed by atoms with Crippen LogP contribution in [0.3, 0.4) is 0 Å². The summed E-state index contributed by atoms with van der Waals surface area (Å²) in [5.74, 6) is 0.659. The summed E-state index contributed by atoms with van der Waals surface area (Å²) in [4.78, 5) is 0.236. The maximum atomic E-state index is 12.6. The molecule has 20 heavy (non-hydrogen) atoms. The Morgan fingerprint density at radius 3 is 2.50 bits per heavy atom. The molecule has 0 amide bonds. The van der Waals surface area contributed by atoms with E-state index in [0.717, 1.165) is 18.4 Å². The molecular weight excluding hydrogens is 278 g/mol. The number of hydrogen-bond donors (Lipinski definition) is 1. The Morgan fingerprint density at radius 2 is 2.00 bits per heavy atom. The van der Waals surface area contributed by atoms with Crippen molar-refractivity contribution in [2.75, 3.05) is 26.8 Å². The molecular formula is C14H23NO4S. The van der Waals surface area contributed by atoms with E-state index in [-0.39, 0.29) is 18.0 Å². The number of sulfonamides is 1. The Morgan fingerprint density at radius 1 is 1.30 bits per heavy atom. The highest BCUT2D eigenvalue weighted by Gasteiger charge is 2.24. The van der Waals surface area contributed by atoms with Gasteiger partial charge in [0.2, 0.25) is 10.0 Å². The van der Waals surface area contributed by atoms with Gasteiger partial charge in [-0.25, -0.2) is 8.42 Å². The number of rotatable bonds is 8. The second kappa shape index (κ2) is 7.61. The maximum absolute atomic E-state index is 12.6. The SMILES string of the molecule is CCCCN(CCO)S(=O)(=O)c1ccc(OC)c(C)c1. The third-order valence-electron chi connectivity index (χ3n) is 3.11. The van der Waals surface area contributed by atoms with Crippen LogP contribution < -0.4 is 4.74 Å². The first-order valence-electron chi connectivity index (χ1n) is 6.73. The summed E-state index contributed by atoms with van der Waals surface area (Å²) in [5.41, 5.74) is 0.771. The average molecular weight is 301 g/mol. The average Bonchev–Trinajstić information content (AvgIpc) is 2.43. The zero-order valence-electron chi connectivity index (χ0n) is 12.3. The highest BCUT2D eigenvalue weighted by Crippen LogP contribution is 2.23. The van der Waals surface area contributed by atoms with Gasteiger partial charge in [-0.05, 0) is 37.1 Å². The molecule has 0 aromatic heterocycles. The molecule has 1 rings (SSSR count). The molecule has 0 bridgehead atoms. The highest BCUT2D eigenvalue weighted by atomic mass is 32.2. The number of methoxy groups -OCH3 is 1. The highest BCUT2D eigenvalue weighted by molar-refractivity contribution is 7.89. The number of aliphatic hydroxyl groups excluding tert-OH is 1. The molecule has 0 fully saturated rings. The fourth-order valence-electron chi connectivity index (χ4n) is 1.96. The van der Waals surface area contributed by atoms with E-state index >= 15 is 0 Å². The van der Waals surface area contributed by atoms with Crippen LogP contribution in [0.15, 0.2) is 23.1 Å². The first-order valence-corrected chi connectivity index (χ1v) is 8.17. The molecule has 0 aliphatic heterocycles. The van der Waals surface area contributed by atoms with Crippen molar-refractivity contribution in [1.29, 1.82) is 0 Å². The van der Waals surface area contributed by atoms with Gasteiger partial charge in [0.1, 0.15) is 5.75 Å². The van der Waals surface area contributed by atoms with E-state index in [9.17, 15) is 8.42 Å². The van der Waals surface area contributed by atoms with E-state index in [4.69, 9.17) is 9.84 Å². The molecule has 5 nitrogen and oxygen atoms in total. The van der Waals surface area contributed by atoms with E-state index in [1.807, 2.05) is 6.92 Å². The first kappa shape index (κ1) is 16.9. The van der Waals surface area contributed by atoms with Crippen molar-refractivity contribution < 1.29 is 18.3 Å². The van der Waals surface area contributed by atoms with Gasteiger partial charge in [-0.3, -0.25) is 0 Å². The van der Waals surface area contributed by atoms with Crippen molar-refractivity contribution in [3.63, 3.8) is 0 Å². The summed E-state index contributed by atoms with van der Waals surface area (Å²) in [6, 6.07) is 4.79. The van der Waals surface area contributed by atoms with Crippen LogP contribution in [0.25, 0.3) is 0 Å². The number of nitrogens with zero attached hydrogens (tertiary/aromatic N) is 1. The largest absolute Gasteiger partial charge is 0.496 e. The monoisotopic (exact) mass is 301 g/mol. The quantitative estimate of drug-likeness (QED) is 0.795. The molecule has 0 saturated heterocycles. The summed E-state index contributed by atoms with van der Waals surface area (Å²) < 4.78 is 31.6. The van der Waals surface area contributed by atoms with Gasteiger partial charge in [-0.1, -0.05) is 13.3 Å². The fourth-order valence-corrected chi connectivity index (χ4v) is 3.51. The van der Waals surface area contributed by atoms with Crippen LogP contribution in [-0.4, -0.2) is 44.6 Å². The molecule has 1 N–H and O–H groups in total. The van der Waals surface area contributed by atoms with E-state index in [1.165, 1.54) is 10.4 Å². The number of hydrogen-bond acceptors (Lipinski definition) is 4. The predicted octanol–water partition coefficient (Wildman–Crippen LogP) is 1.79. The lowest BCUT2D eigenvalue weighted by molar-refractivity contribution is 0.252. The van der Waals surface area contributed by atoms with Gasteiger partial charge < -0.3 is 9.84 Å². The lowest BCUT2D eigenvalue weighted by atomic mass is 10.2. The molecule has 0 aliphatic rings. The molecule has 0 unspecified atom stereocenters. The molecule has 1 aromatic carbocycles. The first-order chi connectivity index (χ1) is 9.47. The normalized spacial score (nSPS) is 11.8. The summed E-state index contributed by atoms with van der Waals surface area (Å²) >= 11 is 0. The standard InChI is InChI=1S/C14H23NO4S/c1-4-5-8-15(9-10-16)20(17,18)13-6-7-14(19-3)12(2)11-13/h6-7,11,16H,4-5,8-10H2,1-3H3. The van der Waals surface area contributed by atoms with Crippen molar-refractivity contribution in [2.45, 2.75) is 31.6 Å². The van der Waals surface area contributed by atoms with Crippen LogP contribution in [0.4, 0.5) is 0 Å². The minimum atomic E-state index is -3.57. The number of ether oxygens (including phenoxy) is 1. The van der Waals surface area contributed by atoms with Crippen LogP contribution in [0, 0.1) is 6.92 Å². The van der Waals surface area contributed by atoms with Crippen molar-refractivity contribution >= 4 is 10.0 Å². The van der Waals surface area contributed by atoms with Crippen LogP contribution in [-0.2, 0) is 10.0 Å². The summed E-state index contributed by atoms with van der Waals surface area (Å²) in [6.07, 6.45) is 1.67. The van der Waals surface area contributed by atoms with Gasteiger partial charge in [0, 0.05) is 13.1 Å². The molecule has 0 atom stereocenters. The van der Waals surface area contributed by atoms with Gasteiger partial charge in [0.05, 0.1) is 18.6 Å². The molecule has 0 radical (unpaired) electrons. The Balaban J connectivity index is 3.08. The molecule has 6 heteroatoms. The third-order valence-corrected chi connectivity index (χ3v) is 5.01. The predicted molar refractivity (Wildman–Crippen MR) is 78.5 cm³/mol. The maximum Gasteiger partial charge on any atom is 0.243 e. The van der Waals surface area contributed by atoms with Crippen molar-refractivity contribution in [2.24, 2.45) is 0 Å². The Bertz CT molecular complexity index is 528. The van der Waals surface area contributed by atoms with Crippen molar-refractivity contribution in [3.8, 4) is 5.75 Å². The smallest absolute Gasteiger partial charge is 0.243 e. The van der Waals surface area contributed by atoms with Crippen LogP contribution in [0.5, 0.6) is 5.75 Å². The van der Waals surface area contributed by atoms with Gasteiger partial charge in [-0.15, -0.1) is 0 Å². The molecule has 0 aliphatic carbocycles. The molecule has 0 spiro atoms. The number of aliphatic hydroxyl groups is 1. The van der Waals surface area contributed by atoms with Crippen molar-refractivity contribution in [3.05, 3.63) is 23.8 Å². The Hall–Kier alpha value is -1.11. The topological polar surface area (TPSA) is 66.8 Å². The zero-order valence-corrected chi connectivity index (χ0v) is 13.1. The molecule has 0 saturated carbocycles. The summed E-state index contributed by atoms with van der Waals surface area (Å²) in [7, 11) is -2.01. The van der Waals surface area contributed by atoms with Crippen molar-refractivity contribution in [1.82, 2.24) is 4.31 Å². The second-order valence-electron chi connectivity index (χ2n) is 4.61. The third kappa shape index (κ3) is 3.94. The Labute approximate surface area is 121 Å². The molecule has 114 valence electrons. The number of aryl methyl sites for hydroxylation is 1. The summed E-state index contributed by atoms with van der Waals surface area (Å²) in [6.45, 7) is 4.16. The van der Waals surface area contributed by atoms with Crippen LogP contribution in [0.2, 0.25) is 0 Å². The minimum absolute atomic E-state index is 0.118.